The number of hydrogen-bond acceptors (Lipinski definition) is 4. The van der Waals surface area contributed by atoms with Crippen LogP contribution >= 0.6 is 34.3 Å². The van der Waals surface area contributed by atoms with Crippen molar-refractivity contribution in [3.63, 3.8) is 0 Å². The van der Waals surface area contributed by atoms with E-state index >= 15 is 0 Å². The van der Waals surface area contributed by atoms with E-state index in [0.29, 0.717) is 11.6 Å². The predicted octanol–water partition coefficient (Wildman–Crippen LogP) is 5.10. The fourth-order valence-electron chi connectivity index (χ4n) is 2.35. The zero-order valence-electron chi connectivity index (χ0n) is 12.9. The first-order chi connectivity index (χ1) is 11.7. The van der Waals surface area contributed by atoms with Crippen LogP contribution in [0.15, 0.2) is 59.3 Å². The molecule has 0 saturated carbocycles. The lowest BCUT2D eigenvalue weighted by atomic mass is 10.3. The summed E-state index contributed by atoms with van der Waals surface area (Å²) in [5.41, 5.74) is 0.761. The van der Waals surface area contributed by atoms with E-state index in [9.17, 15) is 4.79 Å². The van der Waals surface area contributed by atoms with Gasteiger partial charge in [0.25, 0.3) is 0 Å². The molecule has 0 aliphatic rings. The normalized spacial score (nSPS) is 10.9. The molecule has 1 aromatic carbocycles. The van der Waals surface area contributed by atoms with Gasteiger partial charge in [-0.05, 0) is 47.2 Å². The van der Waals surface area contributed by atoms with E-state index in [1.165, 1.54) is 9.75 Å². The Morgan fingerprint density at radius 3 is 2.04 bits per heavy atom. The largest absolute Gasteiger partial charge is 0.325 e. The Hall–Kier alpha value is -1.66. The average Bonchev–Trinajstić information content (AvgIpc) is 3.23. The molecule has 3 nitrogen and oxygen atoms in total. The van der Waals surface area contributed by atoms with Gasteiger partial charge in [-0.1, -0.05) is 23.7 Å². The predicted molar refractivity (Wildman–Crippen MR) is 103 cm³/mol. The Morgan fingerprint density at radius 2 is 1.54 bits per heavy atom. The van der Waals surface area contributed by atoms with Crippen molar-refractivity contribution in [1.82, 2.24) is 4.90 Å². The first kappa shape index (κ1) is 17.2. The van der Waals surface area contributed by atoms with Crippen LogP contribution in [0.2, 0.25) is 5.02 Å². The van der Waals surface area contributed by atoms with Crippen LogP contribution < -0.4 is 5.32 Å². The topological polar surface area (TPSA) is 32.3 Å². The Balaban J connectivity index is 1.63. The molecule has 0 aliphatic carbocycles. The van der Waals surface area contributed by atoms with Gasteiger partial charge in [0.15, 0.2) is 0 Å². The van der Waals surface area contributed by atoms with E-state index in [1.807, 2.05) is 24.3 Å². The van der Waals surface area contributed by atoms with Crippen molar-refractivity contribution in [3.8, 4) is 0 Å². The van der Waals surface area contributed by atoms with E-state index in [2.05, 4.69) is 33.1 Å². The number of nitrogens with one attached hydrogen (secondary N) is 1. The molecule has 24 heavy (non-hydrogen) atoms. The van der Waals surface area contributed by atoms with Gasteiger partial charge in [0.05, 0.1) is 6.54 Å². The fourth-order valence-corrected chi connectivity index (χ4v) is 3.97. The van der Waals surface area contributed by atoms with E-state index in [-0.39, 0.29) is 5.91 Å². The molecule has 0 atom stereocenters. The fraction of sp³-hybridized carbons (Fsp3) is 0.167. The molecule has 0 bridgehead atoms. The van der Waals surface area contributed by atoms with Crippen LogP contribution in [0.3, 0.4) is 0 Å². The Bertz CT molecular complexity index is 719. The molecule has 0 fully saturated rings. The first-order valence-electron chi connectivity index (χ1n) is 7.51. The van der Waals surface area contributed by atoms with Gasteiger partial charge in [0.1, 0.15) is 0 Å². The van der Waals surface area contributed by atoms with Crippen LogP contribution in [0.5, 0.6) is 0 Å². The van der Waals surface area contributed by atoms with Gasteiger partial charge >= 0.3 is 0 Å². The average molecular weight is 377 g/mol. The molecule has 0 aliphatic heterocycles. The van der Waals surface area contributed by atoms with Crippen molar-refractivity contribution >= 4 is 45.9 Å². The standard InChI is InChI=1S/C18H17ClN2OS2/c19-14-5-7-15(8-6-14)20-18(22)13-21(11-16-3-1-9-23-16)12-17-4-2-10-24-17/h1-10H,11-13H2,(H,20,22). The molecule has 0 radical (unpaired) electrons. The second-order valence-corrected chi connectivity index (χ2v) is 7.86. The zero-order valence-corrected chi connectivity index (χ0v) is 15.3. The van der Waals surface area contributed by atoms with Crippen molar-refractivity contribution in [2.45, 2.75) is 13.1 Å². The highest BCUT2D eigenvalue weighted by Gasteiger charge is 2.13. The van der Waals surface area contributed by atoms with E-state index in [4.69, 9.17) is 11.6 Å². The molecule has 124 valence electrons. The van der Waals surface area contributed by atoms with Crippen LogP contribution in [-0.4, -0.2) is 17.4 Å². The number of thiophene rings is 2. The molecule has 2 heterocycles. The maximum absolute atomic E-state index is 12.4. The number of anilines is 1. The van der Waals surface area contributed by atoms with Crippen LogP contribution in [-0.2, 0) is 17.9 Å². The maximum atomic E-state index is 12.4. The Kier molecular flexibility index (Phi) is 6.04. The van der Waals surface area contributed by atoms with E-state index in [0.717, 1.165) is 18.8 Å². The van der Waals surface area contributed by atoms with E-state index < -0.39 is 0 Å². The van der Waals surface area contributed by atoms with Crippen molar-refractivity contribution in [2.75, 3.05) is 11.9 Å². The second kappa shape index (κ2) is 8.44. The SMILES string of the molecule is O=C(CN(Cc1cccs1)Cc1cccs1)Nc1ccc(Cl)cc1. The quantitative estimate of drug-likeness (QED) is 0.621. The van der Waals surface area contributed by atoms with Crippen LogP contribution in [0.1, 0.15) is 9.75 Å². The molecular weight excluding hydrogens is 360 g/mol. The van der Waals surface area contributed by atoms with Crippen molar-refractivity contribution in [2.24, 2.45) is 0 Å². The minimum absolute atomic E-state index is 0.0227. The highest BCUT2D eigenvalue weighted by atomic mass is 35.5. The summed E-state index contributed by atoms with van der Waals surface area (Å²) in [5, 5.41) is 7.71. The van der Waals surface area contributed by atoms with Gasteiger partial charge in [-0.2, -0.15) is 0 Å². The van der Waals surface area contributed by atoms with Gasteiger partial charge in [-0.15, -0.1) is 22.7 Å². The lowest BCUT2D eigenvalue weighted by Gasteiger charge is -2.20. The summed E-state index contributed by atoms with van der Waals surface area (Å²) in [7, 11) is 0. The number of benzene rings is 1. The number of rotatable bonds is 7. The number of carbonyl (C=O) groups is 1. The summed E-state index contributed by atoms with van der Waals surface area (Å²) in [6, 6.07) is 15.4. The van der Waals surface area contributed by atoms with Gasteiger partial charge < -0.3 is 5.32 Å². The summed E-state index contributed by atoms with van der Waals surface area (Å²) >= 11 is 9.30. The van der Waals surface area contributed by atoms with Crippen LogP contribution in [0, 0.1) is 0 Å². The summed E-state index contributed by atoms with van der Waals surface area (Å²) in [5.74, 6) is -0.0227. The van der Waals surface area contributed by atoms with Gasteiger partial charge in [0, 0.05) is 33.6 Å². The van der Waals surface area contributed by atoms with Gasteiger partial charge in [0.2, 0.25) is 5.91 Å². The lowest BCUT2D eigenvalue weighted by molar-refractivity contribution is -0.117. The number of amides is 1. The highest BCUT2D eigenvalue weighted by molar-refractivity contribution is 7.10. The van der Waals surface area contributed by atoms with Gasteiger partial charge in [-0.25, -0.2) is 0 Å². The van der Waals surface area contributed by atoms with E-state index in [1.54, 1.807) is 34.8 Å². The van der Waals surface area contributed by atoms with Crippen molar-refractivity contribution in [1.29, 1.82) is 0 Å². The molecule has 1 amide bonds. The molecule has 3 aromatic rings. The molecule has 0 unspecified atom stereocenters. The molecule has 0 saturated heterocycles. The third-order valence-electron chi connectivity index (χ3n) is 3.41. The summed E-state index contributed by atoms with van der Waals surface area (Å²) in [6.45, 7) is 1.88. The van der Waals surface area contributed by atoms with Crippen molar-refractivity contribution in [3.05, 3.63) is 74.1 Å². The Labute approximate surface area is 154 Å². The minimum Gasteiger partial charge on any atom is -0.325 e. The molecular formula is C18H17ClN2OS2. The molecule has 1 N–H and O–H groups in total. The monoisotopic (exact) mass is 376 g/mol. The summed E-state index contributed by atoms with van der Waals surface area (Å²) in [4.78, 5) is 17.1. The number of hydrogen-bond donors (Lipinski definition) is 1. The van der Waals surface area contributed by atoms with Gasteiger partial charge in [-0.3, -0.25) is 9.69 Å². The second-order valence-electron chi connectivity index (χ2n) is 5.36. The van der Waals surface area contributed by atoms with Crippen molar-refractivity contribution < 1.29 is 4.79 Å². The molecule has 0 spiro atoms. The zero-order chi connectivity index (χ0) is 16.8. The number of nitrogens with zero attached hydrogens (tertiary/aromatic N) is 1. The third kappa shape index (κ3) is 5.18. The molecule has 3 rings (SSSR count). The van der Waals surface area contributed by atoms with Crippen LogP contribution in [0.25, 0.3) is 0 Å². The molecule has 2 aromatic heterocycles. The minimum atomic E-state index is -0.0227. The number of carbonyl (C=O) groups excluding carboxylic acids is 1. The van der Waals surface area contributed by atoms with Crippen LogP contribution in [0.4, 0.5) is 5.69 Å². The molecule has 6 heteroatoms. The Morgan fingerprint density at radius 1 is 0.958 bits per heavy atom. The number of halogens is 1. The summed E-state index contributed by atoms with van der Waals surface area (Å²) < 4.78 is 0. The first-order valence-corrected chi connectivity index (χ1v) is 9.65. The highest BCUT2D eigenvalue weighted by Crippen LogP contribution is 2.18. The smallest absolute Gasteiger partial charge is 0.238 e. The summed E-state index contributed by atoms with van der Waals surface area (Å²) in [6.07, 6.45) is 0. The lowest BCUT2D eigenvalue weighted by Crippen LogP contribution is -2.32. The maximum Gasteiger partial charge on any atom is 0.238 e. The third-order valence-corrected chi connectivity index (χ3v) is 5.39.